The molecule has 0 atom stereocenters. The number of carbonyl (C=O) groups excluding carboxylic acids is 1. The van der Waals surface area contributed by atoms with Crippen LogP contribution in [-0.2, 0) is 16.1 Å². The maximum Gasteiger partial charge on any atom is 0.311 e. The second-order valence-corrected chi connectivity index (χ2v) is 5.76. The van der Waals surface area contributed by atoms with E-state index >= 15 is 0 Å². The molecule has 0 unspecified atom stereocenters. The number of hydrogen-bond acceptors (Lipinski definition) is 2. The normalized spacial score (nSPS) is 11.3. The Labute approximate surface area is 117 Å². The van der Waals surface area contributed by atoms with Crippen molar-refractivity contribution in [2.45, 2.75) is 59.5 Å². The average molecular weight is 262 g/mol. The predicted octanol–water partition coefficient (Wildman–Crippen LogP) is 4.73. The molecular formula is C17H26O2. The van der Waals surface area contributed by atoms with Gasteiger partial charge >= 0.3 is 5.97 Å². The van der Waals surface area contributed by atoms with Crippen molar-refractivity contribution in [2.24, 2.45) is 5.41 Å². The molecule has 19 heavy (non-hydrogen) atoms. The predicted molar refractivity (Wildman–Crippen MR) is 78.8 cm³/mol. The van der Waals surface area contributed by atoms with Crippen molar-refractivity contribution in [3.8, 4) is 0 Å². The fourth-order valence-electron chi connectivity index (χ4n) is 2.01. The highest BCUT2D eigenvalue weighted by molar-refractivity contribution is 5.75. The second kappa shape index (κ2) is 7.98. The average Bonchev–Trinajstić information content (AvgIpc) is 2.42. The van der Waals surface area contributed by atoms with Crippen molar-refractivity contribution in [1.82, 2.24) is 0 Å². The first-order valence-electron chi connectivity index (χ1n) is 7.27. The molecular weight excluding hydrogens is 236 g/mol. The summed E-state index contributed by atoms with van der Waals surface area (Å²) < 4.78 is 5.41. The van der Waals surface area contributed by atoms with Crippen LogP contribution in [0.2, 0.25) is 0 Å². The fourth-order valence-corrected chi connectivity index (χ4v) is 2.01. The van der Waals surface area contributed by atoms with E-state index in [1.54, 1.807) is 0 Å². The van der Waals surface area contributed by atoms with Crippen LogP contribution in [0.3, 0.4) is 0 Å². The molecule has 2 nitrogen and oxygen atoms in total. The van der Waals surface area contributed by atoms with Gasteiger partial charge in [-0.1, -0.05) is 62.9 Å². The van der Waals surface area contributed by atoms with Crippen molar-refractivity contribution in [1.29, 1.82) is 0 Å². The van der Waals surface area contributed by atoms with Crippen LogP contribution in [0.4, 0.5) is 0 Å². The minimum absolute atomic E-state index is 0.0900. The second-order valence-electron chi connectivity index (χ2n) is 5.76. The monoisotopic (exact) mass is 262 g/mol. The molecule has 0 heterocycles. The Hall–Kier alpha value is -1.31. The molecule has 0 amide bonds. The van der Waals surface area contributed by atoms with E-state index in [0.29, 0.717) is 6.61 Å². The lowest BCUT2D eigenvalue weighted by molar-refractivity contribution is -0.155. The number of unbranched alkanes of at least 4 members (excludes halogenated alkanes) is 3. The largest absolute Gasteiger partial charge is 0.460 e. The molecule has 0 spiro atoms. The molecule has 0 aromatic heterocycles. The molecule has 0 N–H and O–H groups in total. The Bertz CT molecular complexity index is 368. The molecule has 0 aliphatic rings. The number of ether oxygens (including phenoxy) is 1. The quantitative estimate of drug-likeness (QED) is 0.500. The minimum Gasteiger partial charge on any atom is -0.460 e. The Kier molecular flexibility index (Phi) is 6.61. The third kappa shape index (κ3) is 5.91. The van der Waals surface area contributed by atoms with Crippen LogP contribution < -0.4 is 0 Å². The van der Waals surface area contributed by atoms with Gasteiger partial charge in [-0.05, 0) is 25.8 Å². The SMILES string of the molecule is CCCCCCC(C)(C)C(=O)OCc1ccccc1. The number of esters is 1. The topological polar surface area (TPSA) is 26.3 Å². The van der Waals surface area contributed by atoms with Crippen molar-refractivity contribution >= 4 is 5.97 Å². The van der Waals surface area contributed by atoms with Crippen molar-refractivity contribution in [3.05, 3.63) is 35.9 Å². The summed E-state index contributed by atoms with van der Waals surface area (Å²) >= 11 is 0. The van der Waals surface area contributed by atoms with E-state index < -0.39 is 0 Å². The number of rotatable bonds is 8. The van der Waals surface area contributed by atoms with Crippen LogP contribution in [0.1, 0.15) is 58.4 Å². The third-order valence-electron chi connectivity index (χ3n) is 3.42. The molecule has 0 saturated heterocycles. The minimum atomic E-state index is -0.372. The molecule has 106 valence electrons. The summed E-state index contributed by atoms with van der Waals surface area (Å²) in [6, 6.07) is 9.82. The third-order valence-corrected chi connectivity index (χ3v) is 3.42. The van der Waals surface area contributed by atoms with Gasteiger partial charge in [0.05, 0.1) is 5.41 Å². The molecule has 0 aliphatic heterocycles. The van der Waals surface area contributed by atoms with Gasteiger partial charge in [-0.3, -0.25) is 4.79 Å². The van der Waals surface area contributed by atoms with E-state index in [2.05, 4.69) is 6.92 Å². The van der Waals surface area contributed by atoms with Crippen molar-refractivity contribution in [3.63, 3.8) is 0 Å². The lowest BCUT2D eigenvalue weighted by Gasteiger charge is -2.22. The first-order chi connectivity index (χ1) is 9.06. The number of benzene rings is 1. The summed E-state index contributed by atoms with van der Waals surface area (Å²) in [5.41, 5.74) is 0.667. The molecule has 0 radical (unpaired) electrons. The zero-order chi connectivity index (χ0) is 14.1. The van der Waals surface area contributed by atoms with Crippen LogP contribution in [0.15, 0.2) is 30.3 Å². The molecule has 0 fully saturated rings. The molecule has 0 saturated carbocycles. The van der Waals surface area contributed by atoms with Crippen LogP contribution in [0.5, 0.6) is 0 Å². The van der Waals surface area contributed by atoms with E-state index in [1.165, 1.54) is 19.3 Å². The van der Waals surface area contributed by atoms with E-state index in [4.69, 9.17) is 4.74 Å². The van der Waals surface area contributed by atoms with Gasteiger partial charge in [0.2, 0.25) is 0 Å². The Morgan fingerprint density at radius 2 is 1.79 bits per heavy atom. The highest BCUT2D eigenvalue weighted by Gasteiger charge is 2.28. The van der Waals surface area contributed by atoms with E-state index in [0.717, 1.165) is 18.4 Å². The highest BCUT2D eigenvalue weighted by atomic mass is 16.5. The molecule has 1 rings (SSSR count). The Morgan fingerprint density at radius 3 is 2.42 bits per heavy atom. The summed E-state index contributed by atoms with van der Waals surface area (Å²) in [6.07, 6.45) is 5.67. The molecule has 2 heteroatoms. The Balaban J connectivity index is 2.34. The Morgan fingerprint density at radius 1 is 1.11 bits per heavy atom. The fraction of sp³-hybridized carbons (Fsp3) is 0.588. The van der Waals surface area contributed by atoms with Crippen molar-refractivity contribution in [2.75, 3.05) is 0 Å². The zero-order valence-electron chi connectivity index (χ0n) is 12.4. The molecule has 0 aliphatic carbocycles. The molecule has 1 aromatic carbocycles. The number of carbonyl (C=O) groups is 1. The lowest BCUT2D eigenvalue weighted by atomic mass is 9.87. The van der Waals surface area contributed by atoms with Gasteiger partial charge in [0, 0.05) is 0 Å². The summed E-state index contributed by atoms with van der Waals surface area (Å²) in [4.78, 5) is 12.1. The van der Waals surface area contributed by atoms with Crippen molar-refractivity contribution < 1.29 is 9.53 Å². The number of hydrogen-bond donors (Lipinski definition) is 0. The first-order valence-corrected chi connectivity index (χ1v) is 7.27. The standard InChI is InChI=1S/C17H26O2/c1-4-5-6-10-13-17(2,3)16(18)19-14-15-11-8-7-9-12-15/h7-9,11-12H,4-6,10,13-14H2,1-3H3. The summed E-state index contributed by atoms with van der Waals surface area (Å²) in [5, 5.41) is 0. The highest BCUT2D eigenvalue weighted by Crippen LogP contribution is 2.26. The van der Waals surface area contributed by atoms with E-state index in [9.17, 15) is 4.79 Å². The van der Waals surface area contributed by atoms with Crippen LogP contribution in [-0.4, -0.2) is 5.97 Å². The van der Waals surface area contributed by atoms with Crippen LogP contribution in [0, 0.1) is 5.41 Å². The van der Waals surface area contributed by atoms with Gasteiger partial charge < -0.3 is 4.74 Å². The van der Waals surface area contributed by atoms with Gasteiger partial charge in [0.15, 0.2) is 0 Å². The van der Waals surface area contributed by atoms with Gasteiger partial charge in [-0.2, -0.15) is 0 Å². The first kappa shape index (κ1) is 15.7. The van der Waals surface area contributed by atoms with E-state index in [-0.39, 0.29) is 11.4 Å². The maximum atomic E-state index is 12.1. The van der Waals surface area contributed by atoms with Gasteiger partial charge in [-0.25, -0.2) is 0 Å². The van der Waals surface area contributed by atoms with Crippen LogP contribution in [0.25, 0.3) is 0 Å². The smallest absolute Gasteiger partial charge is 0.311 e. The van der Waals surface area contributed by atoms with Gasteiger partial charge in [0.1, 0.15) is 6.61 Å². The lowest BCUT2D eigenvalue weighted by Crippen LogP contribution is -2.26. The maximum absolute atomic E-state index is 12.1. The van der Waals surface area contributed by atoms with E-state index in [1.807, 2.05) is 44.2 Å². The summed E-state index contributed by atoms with van der Waals surface area (Å²) in [6.45, 7) is 6.52. The zero-order valence-corrected chi connectivity index (χ0v) is 12.4. The van der Waals surface area contributed by atoms with Gasteiger partial charge in [-0.15, -0.1) is 0 Å². The van der Waals surface area contributed by atoms with Crippen LogP contribution >= 0.6 is 0 Å². The summed E-state index contributed by atoms with van der Waals surface area (Å²) in [7, 11) is 0. The molecule has 0 bridgehead atoms. The van der Waals surface area contributed by atoms with Gasteiger partial charge in [0.25, 0.3) is 0 Å². The summed E-state index contributed by atoms with van der Waals surface area (Å²) in [5.74, 6) is -0.0900. The molecule has 1 aromatic rings.